The topological polar surface area (TPSA) is 177 Å². The Morgan fingerprint density at radius 2 is 1.61 bits per heavy atom. The number of aromatic nitrogens is 2. The summed E-state index contributed by atoms with van der Waals surface area (Å²) in [5, 5.41) is 5.90. The fraction of sp³-hybridized carbons (Fsp3) is 0.340. The van der Waals surface area contributed by atoms with Crippen molar-refractivity contribution in [2.45, 2.75) is 63.5 Å². The first-order chi connectivity index (χ1) is 30.8. The Labute approximate surface area is 370 Å². The molecule has 0 bridgehead atoms. The second-order valence-corrected chi connectivity index (χ2v) is 18.2. The Bertz CT molecular complexity index is 2770. The molecule has 17 heteroatoms. The Kier molecular flexibility index (Phi) is 12.9. The molecule has 0 aliphatic carbocycles. The average molecular weight is 891 g/mol. The fourth-order valence-corrected chi connectivity index (χ4v) is 9.49. The number of piperidine rings is 3. The number of likely N-dealkylation sites (tertiary alicyclic amines) is 2. The van der Waals surface area contributed by atoms with E-state index in [-0.39, 0.29) is 40.9 Å². The van der Waals surface area contributed by atoms with E-state index in [2.05, 4.69) is 54.2 Å². The first-order valence-electron chi connectivity index (χ1n) is 21.4. The van der Waals surface area contributed by atoms with Crippen molar-refractivity contribution in [2.75, 3.05) is 49.8 Å². The summed E-state index contributed by atoms with van der Waals surface area (Å²) in [7, 11) is -2.86. The van der Waals surface area contributed by atoms with Crippen molar-refractivity contribution >= 4 is 56.1 Å². The number of imide groups is 1. The highest BCUT2D eigenvalue weighted by atomic mass is 32.2. The number of anilines is 2. The van der Waals surface area contributed by atoms with Crippen molar-refractivity contribution in [1.82, 2.24) is 29.4 Å². The molecule has 14 nitrogen and oxygen atoms in total. The summed E-state index contributed by atoms with van der Waals surface area (Å²) in [6, 6.07) is 18.7. The average Bonchev–Trinajstić information content (AvgIpc) is 3.73. The summed E-state index contributed by atoms with van der Waals surface area (Å²) in [5.74, 6) is 2.46. The number of hydrogen-bond donors (Lipinski definition) is 4. The predicted octanol–water partition coefficient (Wildman–Crippen LogP) is 5.78. The van der Waals surface area contributed by atoms with E-state index in [4.69, 9.17) is 0 Å². The Morgan fingerprint density at radius 3 is 2.30 bits per heavy atom. The van der Waals surface area contributed by atoms with Gasteiger partial charge in [0.15, 0.2) is 5.82 Å². The molecule has 3 fully saturated rings. The maximum atomic E-state index is 15.6. The smallest absolute Gasteiger partial charge is 0.301 e. The zero-order valence-corrected chi connectivity index (χ0v) is 36.2. The van der Waals surface area contributed by atoms with Gasteiger partial charge in [0.1, 0.15) is 17.5 Å². The Hall–Kier alpha value is -6.48. The number of nitrogens with zero attached hydrogens (tertiary/aromatic N) is 4. The first kappa shape index (κ1) is 44.1. The highest BCUT2D eigenvalue weighted by molar-refractivity contribution is 7.90. The minimum atomic E-state index is -4.15. The van der Waals surface area contributed by atoms with Crippen LogP contribution >= 0.6 is 0 Å². The molecule has 3 aliphatic heterocycles. The van der Waals surface area contributed by atoms with Crippen LogP contribution in [0.1, 0.15) is 94.3 Å². The number of pyridine rings is 1. The SMILES string of the molecule is CCN(C)S(=O)(=O)Nc1ccc(F)c(C(=O)c2c[nH]c3ncc(C#Cc4ccc(C(=O)N5CCC(N6CCC(c7ccc(NC8CCC(=O)NC8=O)cc7)CC6)CC5)cc4)cc23)c1F. The van der Waals surface area contributed by atoms with Gasteiger partial charge in [-0.2, -0.15) is 12.7 Å². The molecule has 5 heterocycles. The second kappa shape index (κ2) is 18.7. The van der Waals surface area contributed by atoms with Crippen molar-refractivity contribution in [3.05, 3.63) is 124 Å². The van der Waals surface area contributed by atoms with Gasteiger partial charge >= 0.3 is 10.2 Å². The minimum absolute atomic E-state index is 0.0318. The third-order valence-corrected chi connectivity index (χ3v) is 14.0. The lowest BCUT2D eigenvalue weighted by Gasteiger charge is -2.42. The van der Waals surface area contributed by atoms with Gasteiger partial charge in [-0.25, -0.2) is 13.8 Å². The van der Waals surface area contributed by atoms with Crippen LogP contribution in [-0.4, -0.2) is 108 Å². The molecule has 3 aromatic carbocycles. The van der Waals surface area contributed by atoms with E-state index in [0.717, 1.165) is 60.9 Å². The monoisotopic (exact) mass is 890 g/mol. The normalized spacial score (nSPS) is 17.8. The van der Waals surface area contributed by atoms with Gasteiger partial charge in [0.05, 0.1) is 11.3 Å². The van der Waals surface area contributed by atoms with E-state index >= 15 is 4.39 Å². The molecule has 8 rings (SSSR count). The van der Waals surface area contributed by atoms with Crippen LogP contribution in [0.3, 0.4) is 0 Å². The quantitative estimate of drug-likeness (QED) is 0.0728. The highest BCUT2D eigenvalue weighted by Gasteiger charge is 2.32. The zero-order valence-electron chi connectivity index (χ0n) is 35.4. The molecule has 3 aliphatic rings. The number of ketones is 1. The molecule has 3 saturated heterocycles. The number of nitrogens with one attached hydrogen (secondary N) is 4. The van der Waals surface area contributed by atoms with E-state index in [0.29, 0.717) is 54.6 Å². The van der Waals surface area contributed by atoms with Crippen molar-refractivity contribution in [3.8, 4) is 11.8 Å². The number of rotatable bonds is 11. The van der Waals surface area contributed by atoms with Crippen molar-refractivity contribution < 1.29 is 36.4 Å². The maximum Gasteiger partial charge on any atom is 0.301 e. The number of aromatic amines is 1. The van der Waals surface area contributed by atoms with Crippen molar-refractivity contribution in [3.63, 3.8) is 0 Å². The Balaban J connectivity index is 0.837. The van der Waals surface area contributed by atoms with Gasteiger partial charge < -0.3 is 20.1 Å². The van der Waals surface area contributed by atoms with Gasteiger partial charge in [-0.15, -0.1) is 0 Å². The van der Waals surface area contributed by atoms with Crippen LogP contribution in [0.15, 0.2) is 79.1 Å². The van der Waals surface area contributed by atoms with Gasteiger partial charge in [-0.05, 0) is 111 Å². The lowest BCUT2D eigenvalue weighted by atomic mass is 9.88. The molecule has 0 spiro atoms. The molecule has 2 aromatic heterocycles. The van der Waals surface area contributed by atoms with Crippen LogP contribution < -0.4 is 15.4 Å². The first-order valence-corrected chi connectivity index (χ1v) is 22.8. The highest BCUT2D eigenvalue weighted by Crippen LogP contribution is 2.32. The van der Waals surface area contributed by atoms with Crippen LogP contribution in [0.5, 0.6) is 0 Å². The lowest BCUT2D eigenvalue weighted by Crippen LogP contribution is -2.48. The third kappa shape index (κ3) is 9.54. The molecule has 0 saturated carbocycles. The predicted molar refractivity (Wildman–Crippen MR) is 238 cm³/mol. The van der Waals surface area contributed by atoms with Crippen LogP contribution in [0.25, 0.3) is 11.0 Å². The van der Waals surface area contributed by atoms with Gasteiger partial charge in [0, 0.05) is 84.9 Å². The minimum Gasteiger partial charge on any atom is -0.374 e. The summed E-state index contributed by atoms with van der Waals surface area (Å²) >= 11 is 0. The van der Waals surface area contributed by atoms with E-state index in [1.165, 1.54) is 25.0 Å². The summed E-state index contributed by atoms with van der Waals surface area (Å²) in [5.41, 5.74) is 2.50. The summed E-state index contributed by atoms with van der Waals surface area (Å²) < 4.78 is 58.6. The number of fused-ring (bicyclic) bond motifs is 1. The second-order valence-electron chi connectivity index (χ2n) is 16.4. The maximum absolute atomic E-state index is 15.6. The van der Waals surface area contributed by atoms with Gasteiger partial charge in [0.2, 0.25) is 17.6 Å². The van der Waals surface area contributed by atoms with Crippen LogP contribution in [0.4, 0.5) is 20.2 Å². The number of H-pyrrole nitrogens is 1. The number of benzene rings is 3. The van der Waals surface area contributed by atoms with E-state index in [1.807, 2.05) is 17.0 Å². The molecular formula is C47H48F2N8O6S. The molecule has 5 aromatic rings. The van der Waals surface area contributed by atoms with Gasteiger partial charge in [-0.3, -0.25) is 29.2 Å². The molecule has 64 heavy (non-hydrogen) atoms. The van der Waals surface area contributed by atoms with Gasteiger partial charge in [-0.1, -0.05) is 30.9 Å². The van der Waals surface area contributed by atoms with Gasteiger partial charge in [0.25, 0.3) is 5.91 Å². The van der Waals surface area contributed by atoms with E-state index < -0.39 is 44.9 Å². The number of carbonyl (C=O) groups excluding carboxylic acids is 4. The largest absolute Gasteiger partial charge is 0.374 e. The molecule has 332 valence electrons. The van der Waals surface area contributed by atoms with Crippen LogP contribution in [-0.2, 0) is 19.8 Å². The standard InChI is InChI=1S/C47H48F2N8O6S/c1-3-55(2)64(62,63)54-39-15-14-38(48)42(43(39)49)44(59)37-28-51-45-36(37)26-30(27-50-45)5-4-29-6-8-33(9-7-29)47(61)57-24-20-35(21-25-57)56-22-18-32(19-23-56)31-10-12-34(13-11-31)52-40-16-17-41(58)53-46(40)60/h6-15,26-28,32,35,40,52,54H,3,16-25H2,1-2H3,(H,50,51)(H,53,58,60). The van der Waals surface area contributed by atoms with Crippen LogP contribution in [0.2, 0.25) is 0 Å². The Morgan fingerprint density at radius 1 is 0.906 bits per heavy atom. The fourth-order valence-electron chi connectivity index (χ4n) is 8.56. The zero-order chi connectivity index (χ0) is 45.1. The van der Waals surface area contributed by atoms with E-state index in [1.54, 1.807) is 37.3 Å². The van der Waals surface area contributed by atoms with Crippen molar-refractivity contribution in [2.24, 2.45) is 0 Å². The molecule has 1 unspecified atom stereocenters. The number of halogens is 2. The molecule has 1 atom stereocenters. The third-order valence-electron chi connectivity index (χ3n) is 12.4. The summed E-state index contributed by atoms with van der Waals surface area (Å²) in [6.45, 7) is 5.03. The molecule has 4 N–H and O–H groups in total. The molecule has 0 radical (unpaired) electrons. The van der Waals surface area contributed by atoms with Crippen LogP contribution in [0, 0.1) is 23.5 Å². The lowest BCUT2D eigenvalue weighted by molar-refractivity contribution is -0.133. The number of amides is 3. The number of carbonyl (C=O) groups is 4. The summed E-state index contributed by atoms with van der Waals surface area (Å²) in [6.07, 6.45) is 7.52. The summed E-state index contributed by atoms with van der Waals surface area (Å²) in [4.78, 5) is 62.3. The van der Waals surface area contributed by atoms with E-state index in [9.17, 15) is 32.0 Å². The molecular weight excluding hydrogens is 843 g/mol. The molecule has 3 amide bonds. The number of hydrogen-bond acceptors (Lipinski definition) is 9. The van der Waals surface area contributed by atoms with Crippen molar-refractivity contribution in [1.29, 1.82) is 0 Å².